The topological polar surface area (TPSA) is 30.5 Å². The van der Waals surface area contributed by atoms with Gasteiger partial charge in [0.2, 0.25) is 0 Å². The van der Waals surface area contributed by atoms with Crippen LogP contribution in [0.4, 0.5) is 4.39 Å². The Hall–Kier alpha value is -0.680. The predicted octanol–water partition coefficient (Wildman–Crippen LogP) is 3.72. The van der Waals surface area contributed by atoms with Crippen molar-refractivity contribution in [2.24, 2.45) is 0 Å². The molecule has 2 atom stereocenters. The van der Waals surface area contributed by atoms with E-state index >= 15 is 0 Å². The summed E-state index contributed by atoms with van der Waals surface area (Å²) in [6.45, 7) is 5.18. The number of nitrogens with one attached hydrogen (secondary N) is 1. The van der Waals surface area contributed by atoms with Gasteiger partial charge < -0.3 is 14.8 Å². The van der Waals surface area contributed by atoms with Crippen LogP contribution in [0.15, 0.2) is 18.2 Å². The molecule has 0 aliphatic carbocycles. The summed E-state index contributed by atoms with van der Waals surface area (Å²) in [5.41, 5.74) is 0.988. The van der Waals surface area contributed by atoms with Crippen LogP contribution in [0.3, 0.4) is 0 Å². The molecule has 3 nitrogen and oxygen atoms in total. The molecule has 2 unspecified atom stereocenters. The van der Waals surface area contributed by atoms with Crippen LogP contribution in [0.25, 0.3) is 0 Å². The number of hydrogen-bond donors (Lipinski definition) is 1. The molecule has 1 aliphatic heterocycles. The van der Waals surface area contributed by atoms with E-state index in [1.807, 2.05) is 6.92 Å². The highest BCUT2D eigenvalue weighted by Gasteiger charge is 2.15. The summed E-state index contributed by atoms with van der Waals surface area (Å²) in [4.78, 5) is 0. The van der Waals surface area contributed by atoms with Crippen LogP contribution in [0.1, 0.15) is 37.8 Å². The predicted molar refractivity (Wildman–Crippen MR) is 82.2 cm³/mol. The largest absolute Gasteiger partial charge is 0.379 e. The van der Waals surface area contributed by atoms with Crippen molar-refractivity contribution >= 4 is 11.6 Å². The van der Waals surface area contributed by atoms with E-state index < -0.39 is 0 Å². The van der Waals surface area contributed by atoms with E-state index in [9.17, 15) is 4.39 Å². The smallest absolute Gasteiger partial charge is 0.141 e. The molecule has 1 N–H and O–H groups in total. The average molecular weight is 316 g/mol. The highest BCUT2D eigenvalue weighted by molar-refractivity contribution is 6.30. The lowest BCUT2D eigenvalue weighted by Gasteiger charge is -2.15. The molecule has 1 aliphatic rings. The minimum atomic E-state index is -0.379. The van der Waals surface area contributed by atoms with Crippen molar-refractivity contribution in [2.75, 3.05) is 26.4 Å². The van der Waals surface area contributed by atoms with Crippen molar-refractivity contribution in [3.63, 3.8) is 0 Å². The van der Waals surface area contributed by atoms with E-state index in [0.29, 0.717) is 12.7 Å². The van der Waals surface area contributed by atoms with Crippen LogP contribution in [-0.4, -0.2) is 32.5 Å². The van der Waals surface area contributed by atoms with Gasteiger partial charge in [0.1, 0.15) is 5.82 Å². The summed E-state index contributed by atoms with van der Waals surface area (Å²) in [6.07, 6.45) is 3.48. The first-order chi connectivity index (χ1) is 10.2. The maximum Gasteiger partial charge on any atom is 0.141 e. The molecule has 1 aromatic carbocycles. The van der Waals surface area contributed by atoms with Crippen LogP contribution in [0, 0.1) is 5.82 Å². The standard InChI is InChI=1S/C16H23ClFNO2/c1-12(13-5-6-16(18)15(17)10-13)19-7-3-8-20-11-14-4-2-9-21-14/h5-6,10,12,14,19H,2-4,7-9,11H2,1H3. The lowest BCUT2D eigenvalue weighted by Crippen LogP contribution is -2.22. The van der Waals surface area contributed by atoms with Gasteiger partial charge in [-0.1, -0.05) is 17.7 Å². The lowest BCUT2D eigenvalue weighted by molar-refractivity contribution is 0.0165. The van der Waals surface area contributed by atoms with Gasteiger partial charge in [0.15, 0.2) is 0 Å². The monoisotopic (exact) mass is 315 g/mol. The fourth-order valence-electron chi connectivity index (χ4n) is 2.38. The zero-order valence-electron chi connectivity index (χ0n) is 12.4. The molecule has 0 amide bonds. The Labute approximate surface area is 130 Å². The van der Waals surface area contributed by atoms with Gasteiger partial charge in [0, 0.05) is 19.3 Å². The molecule has 21 heavy (non-hydrogen) atoms. The van der Waals surface area contributed by atoms with Gasteiger partial charge in [0.05, 0.1) is 17.7 Å². The maximum absolute atomic E-state index is 13.1. The molecular formula is C16H23ClFNO2. The minimum absolute atomic E-state index is 0.140. The lowest BCUT2D eigenvalue weighted by atomic mass is 10.1. The minimum Gasteiger partial charge on any atom is -0.379 e. The first-order valence-electron chi connectivity index (χ1n) is 7.54. The molecular weight excluding hydrogens is 293 g/mol. The second-order valence-electron chi connectivity index (χ2n) is 5.41. The molecule has 0 aromatic heterocycles. The molecule has 118 valence electrons. The van der Waals surface area contributed by atoms with E-state index in [4.69, 9.17) is 21.1 Å². The molecule has 0 radical (unpaired) electrons. The van der Waals surface area contributed by atoms with Crippen molar-refractivity contribution in [3.05, 3.63) is 34.6 Å². The molecule has 0 bridgehead atoms. The molecule has 1 heterocycles. The Kier molecular flexibility index (Phi) is 6.90. The van der Waals surface area contributed by atoms with Crippen molar-refractivity contribution in [3.8, 4) is 0 Å². The van der Waals surface area contributed by atoms with E-state index in [2.05, 4.69) is 5.32 Å². The van der Waals surface area contributed by atoms with Gasteiger partial charge in [-0.15, -0.1) is 0 Å². The quantitative estimate of drug-likeness (QED) is 0.742. The fourth-order valence-corrected chi connectivity index (χ4v) is 2.57. The van der Waals surface area contributed by atoms with Crippen LogP contribution in [0.5, 0.6) is 0 Å². The van der Waals surface area contributed by atoms with Gasteiger partial charge in [-0.2, -0.15) is 0 Å². The number of benzene rings is 1. The van der Waals surface area contributed by atoms with Gasteiger partial charge in [-0.05, 0) is 50.4 Å². The third kappa shape index (κ3) is 5.55. The Bertz CT molecular complexity index is 438. The summed E-state index contributed by atoms with van der Waals surface area (Å²) in [6, 6.07) is 4.97. The van der Waals surface area contributed by atoms with Crippen LogP contribution < -0.4 is 5.32 Å². The fraction of sp³-hybridized carbons (Fsp3) is 0.625. The van der Waals surface area contributed by atoms with Crippen LogP contribution in [-0.2, 0) is 9.47 Å². The summed E-state index contributed by atoms with van der Waals surface area (Å²) in [7, 11) is 0. The molecule has 0 spiro atoms. The molecule has 0 saturated carbocycles. The Balaban J connectivity index is 1.58. The first kappa shape index (κ1) is 16.7. The molecule has 5 heteroatoms. The summed E-state index contributed by atoms with van der Waals surface area (Å²) >= 11 is 5.79. The Morgan fingerprint density at radius 3 is 3.10 bits per heavy atom. The third-order valence-corrected chi connectivity index (χ3v) is 3.98. The van der Waals surface area contributed by atoms with Gasteiger partial charge in [-0.25, -0.2) is 4.39 Å². The van der Waals surface area contributed by atoms with Crippen LogP contribution in [0.2, 0.25) is 5.02 Å². The first-order valence-corrected chi connectivity index (χ1v) is 7.92. The number of ether oxygens (including phenoxy) is 2. The van der Waals surface area contributed by atoms with Crippen LogP contribution >= 0.6 is 11.6 Å². The molecule has 1 saturated heterocycles. The van der Waals surface area contributed by atoms with E-state index in [-0.39, 0.29) is 16.9 Å². The summed E-state index contributed by atoms with van der Waals surface area (Å²) in [5.74, 6) is -0.379. The maximum atomic E-state index is 13.1. The van der Waals surface area contributed by atoms with E-state index in [1.54, 1.807) is 12.1 Å². The summed E-state index contributed by atoms with van der Waals surface area (Å²) in [5, 5.41) is 3.55. The van der Waals surface area contributed by atoms with E-state index in [0.717, 1.165) is 44.6 Å². The Morgan fingerprint density at radius 2 is 2.38 bits per heavy atom. The SMILES string of the molecule is CC(NCCCOCC1CCCO1)c1ccc(F)c(Cl)c1. The van der Waals surface area contributed by atoms with Gasteiger partial charge in [-0.3, -0.25) is 0 Å². The highest BCUT2D eigenvalue weighted by Crippen LogP contribution is 2.20. The molecule has 2 rings (SSSR count). The number of halogens is 2. The molecule has 1 aromatic rings. The zero-order valence-corrected chi connectivity index (χ0v) is 13.2. The Morgan fingerprint density at radius 1 is 1.52 bits per heavy atom. The van der Waals surface area contributed by atoms with Crippen molar-refractivity contribution < 1.29 is 13.9 Å². The van der Waals surface area contributed by atoms with Gasteiger partial charge in [0.25, 0.3) is 0 Å². The van der Waals surface area contributed by atoms with Gasteiger partial charge >= 0.3 is 0 Å². The number of rotatable bonds is 8. The van der Waals surface area contributed by atoms with Crippen molar-refractivity contribution in [2.45, 2.75) is 38.3 Å². The third-order valence-electron chi connectivity index (χ3n) is 3.69. The summed E-state index contributed by atoms with van der Waals surface area (Å²) < 4.78 is 24.2. The second-order valence-corrected chi connectivity index (χ2v) is 5.82. The zero-order chi connectivity index (χ0) is 15.1. The second kappa shape index (κ2) is 8.69. The van der Waals surface area contributed by atoms with Crippen molar-refractivity contribution in [1.29, 1.82) is 0 Å². The van der Waals surface area contributed by atoms with Crippen molar-refractivity contribution in [1.82, 2.24) is 5.32 Å². The molecule has 1 fully saturated rings. The average Bonchev–Trinajstić information content (AvgIpc) is 2.98. The number of hydrogen-bond acceptors (Lipinski definition) is 3. The van der Waals surface area contributed by atoms with E-state index in [1.165, 1.54) is 6.07 Å². The highest BCUT2D eigenvalue weighted by atomic mass is 35.5. The normalized spacial score (nSPS) is 19.9.